The lowest BCUT2D eigenvalue weighted by Crippen LogP contribution is -2.22. The molecule has 24 heavy (non-hydrogen) atoms. The van der Waals surface area contributed by atoms with Crippen molar-refractivity contribution in [1.82, 2.24) is 0 Å². The van der Waals surface area contributed by atoms with Crippen LogP contribution in [0.25, 0.3) is 0 Å². The molecule has 0 spiro atoms. The SMILES string of the molecule is COc1ccc(S[C@@H](C)C(=O)Nc2ccc(Cl)cc2Cl)cc1OC. The summed E-state index contributed by atoms with van der Waals surface area (Å²) < 4.78 is 10.5. The Bertz CT molecular complexity index is 740. The number of hydrogen-bond donors (Lipinski definition) is 1. The summed E-state index contributed by atoms with van der Waals surface area (Å²) in [5.74, 6) is 1.11. The van der Waals surface area contributed by atoms with Gasteiger partial charge in [-0.2, -0.15) is 0 Å². The van der Waals surface area contributed by atoms with Crippen LogP contribution in [0.1, 0.15) is 6.92 Å². The molecule has 0 aliphatic heterocycles. The van der Waals surface area contributed by atoms with Gasteiger partial charge >= 0.3 is 0 Å². The van der Waals surface area contributed by atoms with Crippen LogP contribution in [-0.2, 0) is 4.79 Å². The molecule has 0 saturated carbocycles. The van der Waals surface area contributed by atoms with Gasteiger partial charge in [0.25, 0.3) is 0 Å². The maximum atomic E-state index is 12.4. The number of benzene rings is 2. The number of halogens is 2. The molecular weight excluding hydrogens is 369 g/mol. The standard InChI is InChI=1S/C17H17Cl2NO3S/c1-10(17(21)20-14-6-4-11(18)8-13(14)19)24-12-5-7-15(22-2)16(9-12)23-3/h4-10H,1-3H3,(H,20,21)/t10-/m0/s1. The fraction of sp³-hybridized carbons (Fsp3) is 0.235. The molecule has 0 saturated heterocycles. The summed E-state index contributed by atoms with van der Waals surface area (Å²) >= 11 is 13.3. The van der Waals surface area contributed by atoms with Crippen molar-refractivity contribution < 1.29 is 14.3 Å². The van der Waals surface area contributed by atoms with Crippen LogP contribution in [0.15, 0.2) is 41.3 Å². The second-order valence-corrected chi connectivity index (χ2v) is 7.15. The van der Waals surface area contributed by atoms with Crippen molar-refractivity contribution in [3.8, 4) is 11.5 Å². The molecule has 0 heterocycles. The molecule has 0 aromatic heterocycles. The van der Waals surface area contributed by atoms with Gasteiger partial charge in [0.15, 0.2) is 11.5 Å². The number of methoxy groups -OCH3 is 2. The van der Waals surface area contributed by atoms with Crippen molar-refractivity contribution in [2.75, 3.05) is 19.5 Å². The first-order valence-corrected chi connectivity index (χ1v) is 8.72. The molecule has 128 valence electrons. The van der Waals surface area contributed by atoms with Crippen LogP contribution in [-0.4, -0.2) is 25.4 Å². The van der Waals surface area contributed by atoms with Crippen molar-refractivity contribution in [2.24, 2.45) is 0 Å². The summed E-state index contributed by atoms with van der Waals surface area (Å²) in [6, 6.07) is 10.5. The van der Waals surface area contributed by atoms with E-state index in [0.29, 0.717) is 27.2 Å². The van der Waals surface area contributed by atoms with Crippen molar-refractivity contribution in [3.05, 3.63) is 46.4 Å². The van der Waals surface area contributed by atoms with E-state index in [1.807, 2.05) is 25.1 Å². The van der Waals surface area contributed by atoms with E-state index in [9.17, 15) is 4.79 Å². The Morgan fingerprint density at radius 3 is 2.42 bits per heavy atom. The summed E-state index contributed by atoms with van der Waals surface area (Å²) in [5.41, 5.74) is 0.533. The van der Waals surface area contributed by atoms with Crippen LogP contribution >= 0.6 is 35.0 Å². The highest BCUT2D eigenvalue weighted by molar-refractivity contribution is 8.00. The fourth-order valence-electron chi connectivity index (χ4n) is 1.97. The van der Waals surface area contributed by atoms with Crippen LogP contribution < -0.4 is 14.8 Å². The molecule has 7 heteroatoms. The van der Waals surface area contributed by atoms with Gasteiger partial charge in [0.2, 0.25) is 5.91 Å². The van der Waals surface area contributed by atoms with E-state index in [1.165, 1.54) is 11.8 Å². The third-order valence-electron chi connectivity index (χ3n) is 3.23. The van der Waals surface area contributed by atoms with Gasteiger partial charge < -0.3 is 14.8 Å². The summed E-state index contributed by atoms with van der Waals surface area (Å²) in [6.45, 7) is 1.82. The second kappa shape index (κ2) is 8.51. The normalized spacial score (nSPS) is 11.7. The zero-order valence-electron chi connectivity index (χ0n) is 13.4. The summed E-state index contributed by atoms with van der Waals surface area (Å²) in [6.07, 6.45) is 0. The molecule has 1 N–H and O–H groups in total. The minimum absolute atomic E-state index is 0.154. The first-order chi connectivity index (χ1) is 11.4. The average molecular weight is 386 g/mol. The van der Waals surface area contributed by atoms with Crippen molar-refractivity contribution in [2.45, 2.75) is 17.1 Å². The molecule has 4 nitrogen and oxygen atoms in total. The van der Waals surface area contributed by atoms with Gasteiger partial charge in [0, 0.05) is 9.92 Å². The smallest absolute Gasteiger partial charge is 0.237 e. The van der Waals surface area contributed by atoms with E-state index in [-0.39, 0.29) is 11.2 Å². The summed E-state index contributed by atoms with van der Waals surface area (Å²) in [4.78, 5) is 13.3. The number of rotatable bonds is 6. The zero-order valence-corrected chi connectivity index (χ0v) is 15.8. The highest BCUT2D eigenvalue weighted by atomic mass is 35.5. The van der Waals surface area contributed by atoms with E-state index >= 15 is 0 Å². The highest BCUT2D eigenvalue weighted by Gasteiger charge is 2.17. The second-order valence-electron chi connectivity index (χ2n) is 4.89. The average Bonchev–Trinajstić information content (AvgIpc) is 2.57. The Kier molecular flexibility index (Phi) is 6.66. The number of ether oxygens (including phenoxy) is 2. The monoisotopic (exact) mass is 385 g/mol. The molecule has 0 fully saturated rings. The van der Waals surface area contributed by atoms with Crippen LogP contribution in [0.3, 0.4) is 0 Å². The lowest BCUT2D eigenvalue weighted by atomic mass is 10.3. The number of amides is 1. The Morgan fingerprint density at radius 2 is 1.79 bits per heavy atom. The highest BCUT2D eigenvalue weighted by Crippen LogP contribution is 2.34. The molecular formula is C17H17Cl2NO3S. The van der Waals surface area contributed by atoms with Crippen molar-refractivity contribution in [1.29, 1.82) is 0 Å². The molecule has 0 bridgehead atoms. The number of anilines is 1. The number of carbonyl (C=O) groups excluding carboxylic acids is 1. The number of hydrogen-bond acceptors (Lipinski definition) is 4. The Labute approximate surface area is 155 Å². The van der Waals surface area contributed by atoms with Gasteiger partial charge in [-0.25, -0.2) is 0 Å². The van der Waals surface area contributed by atoms with Crippen LogP contribution in [0, 0.1) is 0 Å². The Balaban J connectivity index is 2.06. The molecule has 0 radical (unpaired) electrons. The number of carbonyl (C=O) groups is 1. The van der Waals surface area contributed by atoms with E-state index in [4.69, 9.17) is 32.7 Å². The third-order valence-corrected chi connectivity index (χ3v) is 4.87. The van der Waals surface area contributed by atoms with Crippen LogP contribution in [0.5, 0.6) is 11.5 Å². The van der Waals surface area contributed by atoms with Gasteiger partial charge in [-0.05, 0) is 43.3 Å². The maximum absolute atomic E-state index is 12.4. The van der Waals surface area contributed by atoms with Gasteiger partial charge in [-0.15, -0.1) is 11.8 Å². The minimum atomic E-state index is -0.324. The van der Waals surface area contributed by atoms with Crippen molar-refractivity contribution in [3.63, 3.8) is 0 Å². The van der Waals surface area contributed by atoms with Gasteiger partial charge in [0.05, 0.1) is 30.2 Å². The predicted molar refractivity (Wildman–Crippen MR) is 100.0 cm³/mol. The molecule has 1 amide bonds. The van der Waals surface area contributed by atoms with Crippen LogP contribution in [0.2, 0.25) is 10.0 Å². The molecule has 1 atom stereocenters. The zero-order chi connectivity index (χ0) is 17.7. The molecule has 2 rings (SSSR count). The van der Waals surface area contributed by atoms with Crippen molar-refractivity contribution >= 4 is 46.6 Å². The summed E-state index contributed by atoms with van der Waals surface area (Å²) in [5, 5.41) is 3.40. The Morgan fingerprint density at radius 1 is 1.08 bits per heavy atom. The van der Waals surface area contributed by atoms with Gasteiger partial charge in [0.1, 0.15) is 0 Å². The lowest BCUT2D eigenvalue weighted by Gasteiger charge is -2.14. The molecule has 0 unspecified atom stereocenters. The molecule has 0 aliphatic carbocycles. The minimum Gasteiger partial charge on any atom is -0.493 e. The van der Waals surface area contributed by atoms with Gasteiger partial charge in [-0.1, -0.05) is 23.2 Å². The number of nitrogens with one attached hydrogen (secondary N) is 1. The van der Waals surface area contributed by atoms with E-state index in [2.05, 4.69) is 5.32 Å². The molecule has 2 aromatic rings. The predicted octanol–water partition coefficient (Wildman–Crippen LogP) is 5.13. The first kappa shape index (κ1) is 18.8. The Hall–Kier alpha value is -1.56. The quantitative estimate of drug-likeness (QED) is 0.700. The maximum Gasteiger partial charge on any atom is 0.237 e. The van der Waals surface area contributed by atoms with Gasteiger partial charge in [-0.3, -0.25) is 4.79 Å². The molecule has 0 aliphatic rings. The lowest BCUT2D eigenvalue weighted by molar-refractivity contribution is -0.115. The van der Waals surface area contributed by atoms with E-state index in [1.54, 1.807) is 32.4 Å². The van der Waals surface area contributed by atoms with E-state index in [0.717, 1.165) is 4.90 Å². The summed E-state index contributed by atoms with van der Waals surface area (Å²) in [7, 11) is 3.15. The largest absolute Gasteiger partial charge is 0.493 e. The first-order valence-electron chi connectivity index (χ1n) is 7.09. The molecule has 2 aromatic carbocycles. The third kappa shape index (κ3) is 4.72. The fourth-order valence-corrected chi connectivity index (χ4v) is 3.32. The topological polar surface area (TPSA) is 47.6 Å². The number of thioether (sulfide) groups is 1. The van der Waals surface area contributed by atoms with Crippen LogP contribution in [0.4, 0.5) is 5.69 Å². The van der Waals surface area contributed by atoms with E-state index < -0.39 is 0 Å².